The number of rotatable bonds is 6. The first-order valence-electron chi connectivity index (χ1n) is 8.65. The average molecular weight is 350 g/mol. The lowest BCUT2D eigenvalue weighted by Crippen LogP contribution is -2.26. The van der Waals surface area contributed by atoms with E-state index in [2.05, 4.69) is 31.3 Å². The summed E-state index contributed by atoms with van der Waals surface area (Å²) < 4.78 is 5.69. The predicted octanol–water partition coefficient (Wildman–Crippen LogP) is 4.57. The van der Waals surface area contributed by atoms with E-state index in [0.717, 1.165) is 16.9 Å². The van der Waals surface area contributed by atoms with E-state index in [1.54, 1.807) is 0 Å². The zero-order valence-corrected chi connectivity index (χ0v) is 15.8. The molecule has 0 aromatic heterocycles. The zero-order valence-electron chi connectivity index (χ0n) is 15.8. The summed E-state index contributed by atoms with van der Waals surface area (Å²) in [4.78, 5) is 12.0. The van der Waals surface area contributed by atoms with Crippen LogP contribution in [0.15, 0.2) is 65.8 Å². The lowest BCUT2D eigenvalue weighted by atomic mass is 9.86. The molecular formula is C22H26N2O2. The van der Waals surface area contributed by atoms with Gasteiger partial charge in [0.25, 0.3) is 5.91 Å². The monoisotopic (exact) mass is 350 g/mol. The number of allylic oxidation sites excluding steroid dienone is 1. The van der Waals surface area contributed by atoms with Crippen LogP contribution in [0.5, 0.6) is 5.75 Å². The van der Waals surface area contributed by atoms with E-state index in [9.17, 15) is 4.79 Å². The standard InChI is InChI=1S/C22H26N2O2/c1-17(14-15-18-10-6-5-7-11-18)23-24-21(25)16-26-20-13-9-8-12-19(20)22(2,3)4/h5-15H,16H2,1-4H3,(H,24,25). The fourth-order valence-electron chi connectivity index (χ4n) is 2.36. The summed E-state index contributed by atoms with van der Waals surface area (Å²) in [7, 11) is 0. The Morgan fingerprint density at radius 2 is 1.73 bits per heavy atom. The first-order valence-corrected chi connectivity index (χ1v) is 8.65. The van der Waals surface area contributed by atoms with Crippen molar-refractivity contribution in [2.24, 2.45) is 5.10 Å². The molecule has 0 aliphatic carbocycles. The van der Waals surface area contributed by atoms with Gasteiger partial charge in [0.1, 0.15) is 5.75 Å². The Hall–Kier alpha value is -2.88. The van der Waals surface area contributed by atoms with Crippen LogP contribution in [0.4, 0.5) is 0 Å². The third kappa shape index (κ3) is 6.20. The van der Waals surface area contributed by atoms with E-state index in [1.165, 1.54) is 0 Å². The molecule has 0 unspecified atom stereocenters. The van der Waals surface area contributed by atoms with E-state index in [-0.39, 0.29) is 17.9 Å². The molecule has 0 fully saturated rings. The SMILES string of the molecule is CC(C=Cc1ccccc1)=NNC(=O)COc1ccccc1C(C)(C)C. The molecule has 0 bridgehead atoms. The molecule has 2 rings (SSSR count). The maximum absolute atomic E-state index is 12.0. The lowest BCUT2D eigenvalue weighted by molar-refractivity contribution is -0.123. The van der Waals surface area contributed by atoms with Crippen molar-refractivity contribution in [3.63, 3.8) is 0 Å². The Kier molecular flexibility index (Phi) is 6.73. The van der Waals surface area contributed by atoms with Crippen molar-refractivity contribution in [1.82, 2.24) is 5.43 Å². The summed E-state index contributed by atoms with van der Waals surface area (Å²) in [5.41, 5.74) is 5.32. The molecule has 0 atom stereocenters. The molecule has 0 saturated heterocycles. The van der Waals surface area contributed by atoms with Crippen LogP contribution in [0.1, 0.15) is 38.8 Å². The van der Waals surface area contributed by atoms with Gasteiger partial charge in [0.05, 0.1) is 5.71 Å². The fourth-order valence-corrected chi connectivity index (χ4v) is 2.36. The Morgan fingerprint density at radius 3 is 2.42 bits per heavy atom. The molecule has 136 valence electrons. The lowest BCUT2D eigenvalue weighted by Gasteiger charge is -2.22. The molecule has 0 aliphatic rings. The van der Waals surface area contributed by atoms with Gasteiger partial charge in [0, 0.05) is 0 Å². The highest BCUT2D eigenvalue weighted by molar-refractivity contribution is 5.97. The highest BCUT2D eigenvalue weighted by atomic mass is 16.5. The molecule has 0 heterocycles. The van der Waals surface area contributed by atoms with Crippen LogP contribution >= 0.6 is 0 Å². The van der Waals surface area contributed by atoms with Gasteiger partial charge in [-0.3, -0.25) is 4.79 Å². The van der Waals surface area contributed by atoms with Gasteiger partial charge in [0.2, 0.25) is 0 Å². The minimum atomic E-state index is -0.291. The van der Waals surface area contributed by atoms with Crippen molar-refractivity contribution in [2.45, 2.75) is 33.1 Å². The molecule has 4 heteroatoms. The zero-order chi connectivity index (χ0) is 19.0. The van der Waals surface area contributed by atoms with Crippen LogP contribution in [-0.4, -0.2) is 18.2 Å². The quantitative estimate of drug-likeness (QED) is 0.613. The Bertz CT molecular complexity index is 787. The van der Waals surface area contributed by atoms with Crippen LogP contribution in [0.2, 0.25) is 0 Å². The summed E-state index contributed by atoms with van der Waals surface area (Å²) in [6.07, 6.45) is 3.80. The van der Waals surface area contributed by atoms with Gasteiger partial charge in [-0.2, -0.15) is 5.10 Å². The summed E-state index contributed by atoms with van der Waals surface area (Å²) in [6, 6.07) is 17.7. The number of nitrogens with zero attached hydrogens (tertiary/aromatic N) is 1. The van der Waals surface area contributed by atoms with Crippen LogP contribution in [-0.2, 0) is 10.2 Å². The second kappa shape index (κ2) is 8.99. The number of carbonyl (C=O) groups excluding carboxylic acids is 1. The van der Waals surface area contributed by atoms with Crippen molar-refractivity contribution in [1.29, 1.82) is 0 Å². The second-order valence-corrected chi connectivity index (χ2v) is 7.07. The second-order valence-electron chi connectivity index (χ2n) is 7.07. The predicted molar refractivity (Wildman–Crippen MR) is 107 cm³/mol. The smallest absolute Gasteiger partial charge is 0.277 e. The number of hydrogen-bond donors (Lipinski definition) is 1. The van der Waals surface area contributed by atoms with Crippen molar-refractivity contribution in [3.05, 3.63) is 71.8 Å². The molecule has 2 aromatic rings. The minimum absolute atomic E-state index is 0.0515. The summed E-state index contributed by atoms with van der Waals surface area (Å²) in [6.45, 7) is 8.09. The van der Waals surface area contributed by atoms with E-state index in [0.29, 0.717) is 5.71 Å². The Morgan fingerprint density at radius 1 is 1.08 bits per heavy atom. The topological polar surface area (TPSA) is 50.7 Å². The number of para-hydroxylation sites is 1. The van der Waals surface area contributed by atoms with Gasteiger partial charge in [0.15, 0.2) is 6.61 Å². The molecule has 1 amide bonds. The third-order valence-electron chi connectivity index (χ3n) is 3.73. The van der Waals surface area contributed by atoms with Gasteiger partial charge in [-0.05, 0) is 35.6 Å². The average Bonchev–Trinajstić information content (AvgIpc) is 2.63. The van der Waals surface area contributed by atoms with Crippen LogP contribution in [0.3, 0.4) is 0 Å². The highest BCUT2D eigenvalue weighted by Gasteiger charge is 2.18. The van der Waals surface area contributed by atoms with Crippen LogP contribution in [0.25, 0.3) is 6.08 Å². The Balaban J connectivity index is 1.89. The van der Waals surface area contributed by atoms with Gasteiger partial charge in [-0.1, -0.05) is 75.4 Å². The van der Waals surface area contributed by atoms with E-state index in [4.69, 9.17) is 4.74 Å². The number of amides is 1. The van der Waals surface area contributed by atoms with Crippen LogP contribution < -0.4 is 10.2 Å². The van der Waals surface area contributed by atoms with Gasteiger partial charge in [-0.25, -0.2) is 5.43 Å². The van der Waals surface area contributed by atoms with Crippen molar-refractivity contribution < 1.29 is 9.53 Å². The summed E-state index contributed by atoms with van der Waals surface area (Å²) >= 11 is 0. The molecule has 0 radical (unpaired) electrons. The number of benzene rings is 2. The normalized spacial score (nSPS) is 12.2. The number of hydrogen-bond acceptors (Lipinski definition) is 3. The van der Waals surface area contributed by atoms with Gasteiger partial charge < -0.3 is 4.74 Å². The first-order chi connectivity index (χ1) is 12.4. The maximum Gasteiger partial charge on any atom is 0.277 e. The van der Waals surface area contributed by atoms with Crippen LogP contribution in [0, 0.1) is 0 Å². The minimum Gasteiger partial charge on any atom is -0.483 e. The molecule has 2 aromatic carbocycles. The van der Waals surface area contributed by atoms with Crippen molar-refractivity contribution >= 4 is 17.7 Å². The highest BCUT2D eigenvalue weighted by Crippen LogP contribution is 2.30. The van der Waals surface area contributed by atoms with Crippen molar-refractivity contribution in [2.75, 3.05) is 6.61 Å². The number of carbonyl (C=O) groups is 1. The molecule has 1 N–H and O–H groups in total. The van der Waals surface area contributed by atoms with Gasteiger partial charge >= 0.3 is 0 Å². The number of hydrazone groups is 1. The van der Waals surface area contributed by atoms with E-state index < -0.39 is 0 Å². The molecule has 0 aliphatic heterocycles. The summed E-state index contributed by atoms with van der Waals surface area (Å²) in [5.74, 6) is 0.431. The van der Waals surface area contributed by atoms with Crippen molar-refractivity contribution in [3.8, 4) is 5.75 Å². The number of nitrogens with one attached hydrogen (secondary N) is 1. The summed E-state index contributed by atoms with van der Waals surface area (Å²) in [5, 5.41) is 4.07. The Labute approximate surface area is 155 Å². The largest absolute Gasteiger partial charge is 0.483 e. The first kappa shape index (κ1) is 19.4. The molecule has 26 heavy (non-hydrogen) atoms. The van der Waals surface area contributed by atoms with E-state index >= 15 is 0 Å². The molecule has 4 nitrogen and oxygen atoms in total. The van der Waals surface area contributed by atoms with E-state index in [1.807, 2.05) is 73.7 Å². The maximum atomic E-state index is 12.0. The van der Waals surface area contributed by atoms with Gasteiger partial charge in [-0.15, -0.1) is 0 Å². The number of ether oxygens (including phenoxy) is 1. The molecular weight excluding hydrogens is 324 g/mol. The fraction of sp³-hybridized carbons (Fsp3) is 0.273. The molecule has 0 saturated carbocycles. The third-order valence-corrected chi connectivity index (χ3v) is 3.73. The molecule has 0 spiro atoms.